The first-order valence-corrected chi connectivity index (χ1v) is 10.1. The van der Waals surface area contributed by atoms with E-state index in [1.807, 2.05) is 0 Å². The molecule has 174 valence electrons. The lowest BCUT2D eigenvalue weighted by Gasteiger charge is -2.18. The van der Waals surface area contributed by atoms with Crippen molar-refractivity contribution in [2.45, 2.75) is 20.5 Å². The fourth-order valence-electron chi connectivity index (χ4n) is 3.01. The average Bonchev–Trinajstić information content (AvgIpc) is 3.19. The van der Waals surface area contributed by atoms with E-state index in [2.05, 4.69) is 36.2 Å². The van der Waals surface area contributed by atoms with Gasteiger partial charge in [0, 0.05) is 30.1 Å². The molecule has 0 bridgehead atoms. The Balaban J connectivity index is 1.68. The summed E-state index contributed by atoms with van der Waals surface area (Å²) in [6.45, 7) is 0.517. The van der Waals surface area contributed by atoms with E-state index in [4.69, 9.17) is 10.5 Å². The molecule has 34 heavy (non-hydrogen) atoms. The van der Waals surface area contributed by atoms with Crippen LogP contribution >= 0.6 is 0 Å². The summed E-state index contributed by atoms with van der Waals surface area (Å²) in [5.74, 6) is 1.19. The van der Waals surface area contributed by atoms with E-state index in [9.17, 15) is 14.0 Å². The first kappa shape index (κ1) is 22.7. The van der Waals surface area contributed by atoms with Gasteiger partial charge in [0.15, 0.2) is 5.82 Å². The zero-order valence-electron chi connectivity index (χ0n) is 18.2. The molecule has 0 aliphatic heterocycles. The molecule has 0 atom stereocenters. The molecule has 0 radical (unpaired) electrons. The maximum atomic E-state index is 12.8. The molecule has 4 heterocycles. The van der Waals surface area contributed by atoms with Crippen LogP contribution in [0.5, 0.6) is 11.6 Å². The second kappa shape index (κ2) is 9.14. The lowest BCUT2D eigenvalue weighted by molar-refractivity contribution is -0.0528. The first-order valence-electron chi connectivity index (χ1n) is 10.1. The van der Waals surface area contributed by atoms with Crippen LogP contribution in [0.2, 0.25) is 0 Å². The highest BCUT2D eigenvalue weighted by atomic mass is 19.3. The molecule has 0 spiro atoms. The Morgan fingerprint density at radius 3 is 2.76 bits per heavy atom. The number of nitrogens with zero attached hydrogens (tertiary/aromatic N) is 6. The summed E-state index contributed by atoms with van der Waals surface area (Å²) in [5.41, 5.74) is 6.68. The lowest BCUT2D eigenvalue weighted by atomic mass is 9.97. The van der Waals surface area contributed by atoms with Gasteiger partial charge >= 0.3 is 6.61 Å². The van der Waals surface area contributed by atoms with Crippen LogP contribution in [0, 0.1) is 16.7 Å². The molecule has 0 aliphatic carbocycles. The molecule has 0 amide bonds. The van der Waals surface area contributed by atoms with Crippen molar-refractivity contribution < 1.29 is 18.3 Å². The molecular formula is C22H20F2N8O2. The maximum Gasteiger partial charge on any atom is 0.388 e. The van der Waals surface area contributed by atoms with Gasteiger partial charge < -0.3 is 20.5 Å². The number of pyridine rings is 2. The quantitative estimate of drug-likeness (QED) is 0.394. The highest BCUT2D eigenvalue weighted by Crippen LogP contribution is 2.34. The van der Waals surface area contributed by atoms with Crippen LogP contribution in [0.1, 0.15) is 13.8 Å². The number of halogens is 2. The minimum absolute atomic E-state index is 0.0816. The van der Waals surface area contributed by atoms with Crippen molar-refractivity contribution in [3.8, 4) is 28.8 Å². The number of ether oxygens (including phenoxy) is 2. The third-order valence-electron chi connectivity index (χ3n) is 4.65. The van der Waals surface area contributed by atoms with Crippen LogP contribution in [-0.4, -0.2) is 37.8 Å². The SMILES string of the molecule is CC(C)(C#N)COc1cnc(OC(F)F)cc1-c1ccn2nc(Nc3ccnc(N)n3)cc2c1. The summed E-state index contributed by atoms with van der Waals surface area (Å²) in [7, 11) is 0. The average molecular weight is 466 g/mol. The number of nitrogens with one attached hydrogen (secondary N) is 1. The van der Waals surface area contributed by atoms with Gasteiger partial charge in [-0.15, -0.1) is 0 Å². The van der Waals surface area contributed by atoms with E-state index in [-0.39, 0.29) is 18.4 Å². The number of hydrogen-bond donors (Lipinski definition) is 2. The molecule has 12 heteroatoms. The number of fused-ring (bicyclic) bond motifs is 1. The predicted molar refractivity (Wildman–Crippen MR) is 120 cm³/mol. The van der Waals surface area contributed by atoms with Crippen molar-refractivity contribution in [1.29, 1.82) is 5.26 Å². The maximum absolute atomic E-state index is 12.8. The Kier molecular flexibility index (Phi) is 6.09. The van der Waals surface area contributed by atoms with Gasteiger partial charge in [0.25, 0.3) is 0 Å². The zero-order chi connectivity index (χ0) is 24.3. The molecule has 0 saturated heterocycles. The van der Waals surface area contributed by atoms with Gasteiger partial charge in [0.1, 0.15) is 18.2 Å². The van der Waals surface area contributed by atoms with Gasteiger partial charge in [-0.05, 0) is 37.6 Å². The molecule has 0 saturated carbocycles. The fourth-order valence-corrected chi connectivity index (χ4v) is 3.01. The summed E-state index contributed by atoms with van der Waals surface area (Å²) in [5, 5.41) is 16.7. The van der Waals surface area contributed by atoms with Crippen LogP contribution in [-0.2, 0) is 0 Å². The van der Waals surface area contributed by atoms with Gasteiger partial charge in [-0.2, -0.15) is 24.1 Å². The largest absolute Gasteiger partial charge is 0.490 e. The number of alkyl halides is 2. The number of rotatable bonds is 8. The monoisotopic (exact) mass is 466 g/mol. The third-order valence-corrected chi connectivity index (χ3v) is 4.65. The van der Waals surface area contributed by atoms with Crippen molar-refractivity contribution >= 4 is 23.1 Å². The fraction of sp³-hybridized carbons (Fsp3) is 0.227. The number of nitrogens with two attached hydrogens (primary N) is 1. The van der Waals surface area contributed by atoms with Crippen molar-refractivity contribution in [3.63, 3.8) is 0 Å². The second-order valence-electron chi connectivity index (χ2n) is 7.92. The highest BCUT2D eigenvalue weighted by molar-refractivity contribution is 5.75. The van der Waals surface area contributed by atoms with Gasteiger partial charge in [0.2, 0.25) is 11.8 Å². The van der Waals surface area contributed by atoms with E-state index < -0.39 is 12.0 Å². The number of anilines is 3. The molecule has 0 unspecified atom stereocenters. The van der Waals surface area contributed by atoms with Crippen molar-refractivity contribution in [2.75, 3.05) is 17.7 Å². The van der Waals surface area contributed by atoms with Gasteiger partial charge in [0.05, 0.1) is 23.2 Å². The van der Waals surface area contributed by atoms with Crippen molar-refractivity contribution in [3.05, 3.63) is 48.9 Å². The Bertz CT molecular complexity index is 1370. The molecule has 10 nitrogen and oxygen atoms in total. The van der Waals surface area contributed by atoms with E-state index in [1.54, 1.807) is 48.8 Å². The summed E-state index contributed by atoms with van der Waals surface area (Å²) >= 11 is 0. The van der Waals surface area contributed by atoms with Gasteiger partial charge in [-0.3, -0.25) is 0 Å². The summed E-state index contributed by atoms with van der Waals surface area (Å²) in [6.07, 6.45) is 4.53. The lowest BCUT2D eigenvalue weighted by Crippen LogP contribution is -2.19. The molecular weight excluding hydrogens is 446 g/mol. The van der Waals surface area contributed by atoms with Gasteiger partial charge in [-0.1, -0.05) is 0 Å². The third kappa shape index (κ3) is 5.26. The summed E-state index contributed by atoms with van der Waals surface area (Å²) in [4.78, 5) is 11.8. The minimum Gasteiger partial charge on any atom is -0.490 e. The smallest absolute Gasteiger partial charge is 0.388 e. The zero-order valence-corrected chi connectivity index (χ0v) is 18.2. The van der Waals surface area contributed by atoms with Crippen LogP contribution in [0.4, 0.5) is 26.4 Å². The molecule has 4 aromatic heterocycles. The minimum atomic E-state index is -3.02. The Labute approximate surface area is 193 Å². The van der Waals surface area contributed by atoms with Crippen LogP contribution < -0.4 is 20.5 Å². The standard InChI is InChI=1S/C22H20F2N8O2/c1-22(2,11-25)12-33-16-10-28-19(34-20(23)24)9-15(16)13-4-6-32-14(7-13)8-18(31-32)29-17-3-5-27-21(26)30-17/h3-10,20H,12H2,1-2H3,(H3,26,27,29,30,31). The first-order chi connectivity index (χ1) is 16.2. The second-order valence-corrected chi connectivity index (χ2v) is 7.92. The molecule has 0 fully saturated rings. The van der Waals surface area contributed by atoms with E-state index in [0.29, 0.717) is 34.0 Å². The Morgan fingerprint density at radius 1 is 1.21 bits per heavy atom. The van der Waals surface area contributed by atoms with Crippen molar-refractivity contribution in [2.24, 2.45) is 5.41 Å². The number of aromatic nitrogens is 5. The van der Waals surface area contributed by atoms with E-state index >= 15 is 0 Å². The van der Waals surface area contributed by atoms with Crippen LogP contribution in [0.3, 0.4) is 0 Å². The van der Waals surface area contributed by atoms with Gasteiger partial charge in [-0.25, -0.2) is 14.5 Å². The Hall–Kier alpha value is -4.53. The topological polar surface area (TPSA) is 136 Å². The van der Waals surface area contributed by atoms with Crippen LogP contribution in [0.25, 0.3) is 16.6 Å². The van der Waals surface area contributed by atoms with Crippen molar-refractivity contribution in [1.82, 2.24) is 24.6 Å². The number of nitriles is 1. The van der Waals surface area contributed by atoms with Crippen LogP contribution in [0.15, 0.2) is 48.9 Å². The normalized spacial score (nSPS) is 11.4. The van der Waals surface area contributed by atoms with E-state index in [1.165, 1.54) is 18.5 Å². The molecule has 0 aromatic carbocycles. The number of hydrogen-bond acceptors (Lipinski definition) is 9. The molecule has 4 rings (SSSR count). The summed E-state index contributed by atoms with van der Waals surface area (Å²) < 4.78 is 37.4. The number of nitrogen functional groups attached to an aromatic ring is 1. The molecule has 3 N–H and O–H groups in total. The molecule has 0 aliphatic rings. The van der Waals surface area contributed by atoms with E-state index in [0.717, 1.165) is 0 Å². The molecule has 4 aromatic rings. The predicted octanol–water partition coefficient (Wildman–Crippen LogP) is 4.04. The Morgan fingerprint density at radius 2 is 2.03 bits per heavy atom. The highest BCUT2D eigenvalue weighted by Gasteiger charge is 2.20. The summed E-state index contributed by atoms with van der Waals surface area (Å²) in [6, 6.07) is 10.5.